The lowest BCUT2D eigenvalue weighted by Crippen LogP contribution is -2.09. The molecule has 1 unspecified atom stereocenters. The first-order chi connectivity index (χ1) is 9.11. The number of hydrogen-bond donors (Lipinski definition) is 1. The molecule has 0 bridgehead atoms. The third-order valence-electron chi connectivity index (χ3n) is 2.83. The Morgan fingerprint density at radius 1 is 1.26 bits per heavy atom. The number of hydrogen-bond acceptors (Lipinski definition) is 2. The molecule has 2 rings (SSSR count). The Balaban J connectivity index is 2.28. The van der Waals surface area contributed by atoms with Crippen LogP contribution in [0.5, 0.6) is 0 Å². The van der Waals surface area contributed by atoms with Crippen LogP contribution >= 0.6 is 15.9 Å². The van der Waals surface area contributed by atoms with E-state index >= 15 is 0 Å². The topological polar surface area (TPSA) is 35.8 Å². The van der Waals surface area contributed by atoms with E-state index in [4.69, 9.17) is 0 Å². The fourth-order valence-corrected chi connectivity index (χ4v) is 2.11. The smallest absolute Gasteiger partial charge is 0.146 e. The first-order valence-corrected chi connectivity index (χ1v) is 6.58. The van der Waals surface area contributed by atoms with Gasteiger partial charge in [-0.25, -0.2) is 4.39 Å². The van der Waals surface area contributed by atoms with Gasteiger partial charge >= 0.3 is 0 Å². The molecule has 0 fully saturated rings. The normalized spacial score (nSPS) is 11.7. The summed E-state index contributed by atoms with van der Waals surface area (Å²) < 4.78 is 14.5. The third-order valence-corrected chi connectivity index (χ3v) is 3.69. The number of halogens is 2. The average Bonchev–Trinajstić information content (AvgIpc) is 2.41. The summed E-state index contributed by atoms with van der Waals surface area (Å²) in [7, 11) is 0. The van der Waals surface area contributed by atoms with Crippen LogP contribution < -0.4 is 5.32 Å². The van der Waals surface area contributed by atoms with Crippen molar-refractivity contribution in [1.82, 2.24) is 0 Å². The van der Waals surface area contributed by atoms with Gasteiger partial charge in [-0.1, -0.05) is 40.2 Å². The summed E-state index contributed by atoms with van der Waals surface area (Å²) in [6.07, 6.45) is 0. The monoisotopic (exact) mass is 318 g/mol. The average molecular weight is 319 g/mol. The van der Waals surface area contributed by atoms with Gasteiger partial charge in [-0.2, -0.15) is 5.26 Å². The van der Waals surface area contributed by atoms with E-state index in [2.05, 4.69) is 27.3 Å². The summed E-state index contributed by atoms with van der Waals surface area (Å²) in [5, 5.41) is 12.1. The Hall–Kier alpha value is -1.86. The van der Waals surface area contributed by atoms with Gasteiger partial charge in [-0.3, -0.25) is 0 Å². The van der Waals surface area contributed by atoms with Crippen molar-refractivity contribution in [3.8, 4) is 6.07 Å². The second-order valence-corrected chi connectivity index (χ2v) is 5.05. The number of nitrogens with zero attached hydrogens (tertiary/aromatic N) is 1. The van der Waals surface area contributed by atoms with Crippen LogP contribution in [-0.2, 0) is 0 Å². The Bertz CT molecular complexity index is 634. The number of nitrogens with one attached hydrogen (secondary N) is 1. The quantitative estimate of drug-likeness (QED) is 0.899. The molecule has 0 heterocycles. The zero-order chi connectivity index (χ0) is 13.8. The van der Waals surface area contributed by atoms with Gasteiger partial charge in [0.2, 0.25) is 0 Å². The molecule has 0 aromatic heterocycles. The second kappa shape index (κ2) is 5.85. The highest BCUT2D eigenvalue weighted by Crippen LogP contribution is 2.25. The van der Waals surface area contributed by atoms with Crippen LogP contribution in [0.2, 0.25) is 0 Å². The van der Waals surface area contributed by atoms with Crippen LogP contribution in [0.15, 0.2) is 46.9 Å². The van der Waals surface area contributed by atoms with Crippen LogP contribution in [0.1, 0.15) is 17.2 Å². The zero-order valence-electron chi connectivity index (χ0n) is 10.3. The van der Waals surface area contributed by atoms with Crippen molar-refractivity contribution >= 4 is 21.6 Å². The van der Waals surface area contributed by atoms with Crippen molar-refractivity contribution < 1.29 is 4.39 Å². The predicted molar refractivity (Wildman–Crippen MR) is 77.3 cm³/mol. The van der Waals surface area contributed by atoms with Crippen molar-refractivity contribution in [2.45, 2.75) is 13.0 Å². The van der Waals surface area contributed by atoms with Gasteiger partial charge in [0.15, 0.2) is 0 Å². The van der Waals surface area contributed by atoms with Crippen LogP contribution in [0.3, 0.4) is 0 Å². The first-order valence-electron chi connectivity index (χ1n) is 5.78. The van der Waals surface area contributed by atoms with Crippen LogP contribution in [0.25, 0.3) is 0 Å². The van der Waals surface area contributed by atoms with Crippen molar-refractivity contribution in [3.63, 3.8) is 0 Å². The third kappa shape index (κ3) is 3.12. The van der Waals surface area contributed by atoms with Crippen molar-refractivity contribution in [2.24, 2.45) is 0 Å². The van der Waals surface area contributed by atoms with Gasteiger partial charge in [0.1, 0.15) is 11.9 Å². The molecule has 0 aliphatic carbocycles. The molecule has 0 aliphatic rings. The lowest BCUT2D eigenvalue weighted by molar-refractivity contribution is 0.629. The minimum absolute atomic E-state index is 0.325. The van der Waals surface area contributed by atoms with E-state index in [1.54, 1.807) is 18.2 Å². The van der Waals surface area contributed by atoms with Crippen LogP contribution in [-0.4, -0.2) is 0 Å². The molecule has 0 spiro atoms. The SMILES string of the molecule is Cc1ccc(C(C#N)Nc2ccccc2F)cc1Br. The molecule has 0 aliphatic heterocycles. The fourth-order valence-electron chi connectivity index (χ4n) is 1.71. The molecule has 2 aromatic rings. The summed E-state index contributed by atoms with van der Waals surface area (Å²) in [6.45, 7) is 1.97. The van der Waals surface area contributed by atoms with Gasteiger partial charge in [0, 0.05) is 4.47 Å². The Labute approximate surface area is 120 Å². The number of benzene rings is 2. The van der Waals surface area contributed by atoms with E-state index in [0.717, 1.165) is 15.6 Å². The molecule has 19 heavy (non-hydrogen) atoms. The standard InChI is InChI=1S/C15H12BrFN2/c1-10-6-7-11(8-12(10)16)15(9-18)19-14-5-3-2-4-13(14)17/h2-8,15,19H,1H3. The maximum Gasteiger partial charge on any atom is 0.146 e. The van der Waals surface area contributed by atoms with Crippen LogP contribution in [0, 0.1) is 24.1 Å². The minimum Gasteiger partial charge on any atom is -0.364 e. The van der Waals surface area contributed by atoms with E-state index in [9.17, 15) is 9.65 Å². The van der Waals surface area contributed by atoms with Crippen LogP contribution in [0.4, 0.5) is 10.1 Å². The lowest BCUT2D eigenvalue weighted by atomic mass is 10.1. The molecule has 0 radical (unpaired) electrons. The molecular formula is C15H12BrFN2. The Morgan fingerprint density at radius 3 is 2.63 bits per heavy atom. The first kappa shape index (κ1) is 13.6. The lowest BCUT2D eigenvalue weighted by Gasteiger charge is -2.14. The number of aryl methyl sites for hydroxylation is 1. The number of para-hydroxylation sites is 1. The summed E-state index contributed by atoms with van der Waals surface area (Å²) in [5.74, 6) is -0.367. The highest BCUT2D eigenvalue weighted by Gasteiger charge is 2.13. The molecule has 96 valence electrons. The highest BCUT2D eigenvalue weighted by atomic mass is 79.9. The van der Waals surface area contributed by atoms with Crippen molar-refractivity contribution in [3.05, 3.63) is 63.9 Å². The second-order valence-electron chi connectivity index (χ2n) is 4.19. The number of nitriles is 1. The van der Waals surface area contributed by atoms with Gasteiger partial charge < -0.3 is 5.32 Å². The molecule has 0 saturated carbocycles. The summed E-state index contributed by atoms with van der Waals surface area (Å²) in [4.78, 5) is 0. The molecule has 0 amide bonds. The Morgan fingerprint density at radius 2 is 2.00 bits per heavy atom. The molecule has 0 saturated heterocycles. The van der Waals surface area contributed by atoms with E-state index in [-0.39, 0.29) is 5.82 Å². The van der Waals surface area contributed by atoms with Gasteiger partial charge in [-0.15, -0.1) is 0 Å². The Kier molecular flexibility index (Phi) is 4.18. The largest absolute Gasteiger partial charge is 0.364 e. The molecule has 1 atom stereocenters. The van der Waals surface area contributed by atoms with E-state index < -0.39 is 6.04 Å². The molecule has 1 N–H and O–H groups in total. The molecule has 4 heteroatoms. The predicted octanol–water partition coefficient (Wildman–Crippen LogP) is 4.57. The number of anilines is 1. The number of rotatable bonds is 3. The zero-order valence-corrected chi connectivity index (χ0v) is 11.9. The van der Waals surface area contributed by atoms with Crippen molar-refractivity contribution in [2.75, 3.05) is 5.32 Å². The summed E-state index contributed by atoms with van der Waals surface area (Å²) in [5.41, 5.74) is 2.21. The summed E-state index contributed by atoms with van der Waals surface area (Å²) in [6, 6.07) is 13.5. The minimum atomic E-state index is -0.589. The van der Waals surface area contributed by atoms with Gasteiger partial charge in [0.25, 0.3) is 0 Å². The molecule has 2 aromatic carbocycles. The van der Waals surface area contributed by atoms with E-state index in [1.807, 2.05) is 25.1 Å². The molecule has 2 nitrogen and oxygen atoms in total. The van der Waals surface area contributed by atoms with Gasteiger partial charge in [0.05, 0.1) is 11.8 Å². The van der Waals surface area contributed by atoms with E-state index in [0.29, 0.717) is 5.69 Å². The van der Waals surface area contributed by atoms with Gasteiger partial charge in [-0.05, 0) is 36.2 Å². The maximum absolute atomic E-state index is 13.6. The maximum atomic E-state index is 13.6. The highest BCUT2D eigenvalue weighted by molar-refractivity contribution is 9.10. The fraction of sp³-hybridized carbons (Fsp3) is 0.133. The van der Waals surface area contributed by atoms with Crippen molar-refractivity contribution in [1.29, 1.82) is 5.26 Å². The van der Waals surface area contributed by atoms with E-state index in [1.165, 1.54) is 6.07 Å². The summed E-state index contributed by atoms with van der Waals surface area (Å²) >= 11 is 3.43. The molecular weight excluding hydrogens is 307 g/mol.